The van der Waals surface area contributed by atoms with Crippen LogP contribution in [0.15, 0.2) is 42.5 Å². The van der Waals surface area contributed by atoms with E-state index in [1.807, 2.05) is 42.5 Å². The van der Waals surface area contributed by atoms with E-state index < -0.39 is 0 Å². The molecule has 0 fully saturated rings. The van der Waals surface area contributed by atoms with Gasteiger partial charge < -0.3 is 4.74 Å². The lowest BCUT2D eigenvalue weighted by molar-refractivity contribution is -0.118. The van der Waals surface area contributed by atoms with Crippen LogP contribution in [0.25, 0.3) is 10.8 Å². The van der Waals surface area contributed by atoms with E-state index in [4.69, 9.17) is 4.74 Å². The van der Waals surface area contributed by atoms with Crippen molar-refractivity contribution in [2.24, 2.45) is 0 Å². The Labute approximate surface area is 101 Å². The lowest BCUT2D eigenvalue weighted by Gasteiger charge is -2.14. The van der Waals surface area contributed by atoms with Crippen molar-refractivity contribution >= 4 is 16.6 Å². The summed E-state index contributed by atoms with van der Waals surface area (Å²) in [4.78, 5) is 11.0. The zero-order valence-corrected chi connectivity index (χ0v) is 9.85. The summed E-state index contributed by atoms with van der Waals surface area (Å²) in [7, 11) is 0. The van der Waals surface area contributed by atoms with Crippen molar-refractivity contribution in [3.63, 3.8) is 0 Å². The van der Waals surface area contributed by atoms with Crippen LogP contribution in [0.5, 0.6) is 5.75 Å². The normalized spacial score (nSPS) is 12.4. The number of ketones is 1. The Bertz CT molecular complexity index is 526. The lowest BCUT2D eigenvalue weighted by atomic mass is 10.1. The third-order valence-electron chi connectivity index (χ3n) is 2.56. The smallest absolute Gasteiger partial charge is 0.133 e. The number of carbonyl (C=O) groups is 1. The van der Waals surface area contributed by atoms with Gasteiger partial charge in [-0.05, 0) is 25.3 Å². The van der Waals surface area contributed by atoms with Crippen molar-refractivity contribution in [1.29, 1.82) is 0 Å². The van der Waals surface area contributed by atoms with Crippen molar-refractivity contribution in [3.8, 4) is 5.75 Å². The molecule has 2 aromatic rings. The van der Waals surface area contributed by atoms with Gasteiger partial charge in [0.25, 0.3) is 0 Å². The molecule has 0 aliphatic carbocycles. The van der Waals surface area contributed by atoms with Gasteiger partial charge in [-0.25, -0.2) is 0 Å². The fourth-order valence-corrected chi connectivity index (χ4v) is 1.84. The summed E-state index contributed by atoms with van der Waals surface area (Å²) in [5.74, 6) is 0.870. The molecule has 0 aromatic heterocycles. The number of hydrogen-bond acceptors (Lipinski definition) is 2. The van der Waals surface area contributed by atoms with E-state index in [9.17, 15) is 4.79 Å². The molecule has 0 N–H and O–H groups in total. The molecule has 0 saturated heterocycles. The number of hydrogen-bond donors (Lipinski definition) is 0. The van der Waals surface area contributed by atoms with Crippen LogP contribution >= 0.6 is 0 Å². The van der Waals surface area contributed by atoms with Crippen molar-refractivity contribution < 1.29 is 9.53 Å². The second-order valence-electron chi connectivity index (χ2n) is 4.12. The first kappa shape index (κ1) is 11.6. The average Bonchev–Trinajstić information content (AvgIpc) is 2.28. The zero-order valence-electron chi connectivity index (χ0n) is 9.85. The van der Waals surface area contributed by atoms with Crippen LogP contribution in [0, 0.1) is 6.92 Å². The maximum atomic E-state index is 11.0. The molecule has 0 aliphatic heterocycles. The molecule has 0 aliphatic rings. The number of benzene rings is 2. The largest absolute Gasteiger partial charge is 0.489 e. The van der Waals surface area contributed by atoms with Crippen LogP contribution < -0.4 is 4.74 Å². The summed E-state index contributed by atoms with van der Waals surface area (Å²) in [6.45, 7) is 5.38. The van der Waals surface area contributed by atoms with Crippen LogP contribution in [0.1, 0.15) is 13.3 Å². The van der Waals surface area contributed by atoms with Gasteiger partial charge in [0.05, 0.1) is 0 Å². The predicted molar refractivity (Wildman–Crippen MR) is 69.0 cm³/mol. The van der Waals surface area contributed by atoms with E-state index in [-0.39, 0.29) is 11.9 Å². The molecular weight excluding hydrogens is 212 g/mol. The molecule has 2 aromatic carbocycles. The Balaban J connectivity index is 2.26. The first-order valence-corrected chi connectivity index (χ1v) is 5.64. The highest BCUT2D eigenvalue weighted by Gasteiger charge is 2.09. The Morgan fingerprint density at radius 1 is 1.24 bits per heavy atom. The maximum Gasteiger partial charge on any atom is 0.133 e. The number of ether oxygens (including phenoxy) is 1. The number of fused-ring (bicyclic) bond motifs is 1. The van der Waals surface area contributed by atoms with Gasteiger partial charge in [0, 0.05) is 11.8 Å². The van der Waals surface area contributed by atoms with E-state index in [0.29, 0.717) is 6.42 Å². The second kappa shape index (κ2) is 5.00. The summed E-state index contributed by atoms with van der Waals surface area (Å²) >= 11 is 0. The van der Waals surface area contributed by atoms with E-state index in [1.165, 1.54) is 0 Å². The molecule has 0 heterocycles. The van der Waals surface area contributed by atoms with Gasteiger partial charge in [0.2, 0.25) is 0 Å². The molecule has 17 heavy (non-hydrogen) atoms. The van der Waals surface area contributed by atoms with E-state index in [1.54, 1.807) is 6.92 Å². The van der Waals surface area contributed by atoms with Gasteiger partial charge >= 0.3 is 0 Å². The molecule has 2 nitrogen and oxygen atoms in total. The van der Waals surface area contributed by atoms with Crippen molar-refractivity contribution in [2.75, 3.05) is 0 Å². The van der Waals surface area contributed by atoms with Crippen LogP contribution in [0.2, 0.25) is 0 Å². The minimum absolute atomic E-state index is 0.0882. The average molecular weight is 227 g/mol. The summed E-state index contributed by atoms with van der Waals surface area (Å²) in [5.41, 5.74) is 0. The van der Waals surface area contributed by atoms with Crippen molar-refractivity contribution in [2.45, 2.75) is 19.4 Å². The second-order valence-corrected chi connectivity index (χ2v) is 4.12. The fourth-order valence-electron chi connectivity index (χ4n) is 1.84. The van der Waals surface area contributed by atoms with Crippen LogP contribution in [-0.4, -0.2) is 11.9 Å². The number of rotatable bonds is 4. The summed E-state index contributed by atoms with van der Waals surface area (Å²) in [6.07, 6.45) is 0.00163. The first-order valence-electron chi connectivity index (χ1n) is 5.64. The topological polar surface area (TPSA) is 26.3 Å². The Morgan fingerprint density at radius 3 is 2.71 bits per heavy atom. The van der Waals surface area contributed by atoms with Gasteiger partial charge in [-0.2, -0.15) is 0 Å². The SMILES string of the molecule is [CH2]C(CC(C)=O)Oc1cccc2ccccc12. The third kappa shape index (κ3) is 2.84. The first-order chi connectivity index (χ1) is 8.16. The maximum absolute atomic E-state index is 11.0. The van der Waals surface area contributed by atoms with Crippen LogP contribution in [0.3, 0.4) is 0 Å². The quantitative estimate of drug-likeness (QED) is 0.800. The minimum Gasteiger partial charge on any atom is -0.489 e. The summed E-state index contributed by atoms with van der Waals surface area (Å²) in [5, 5.41) is 2.17. The fraction of sp³-hybridized carbons (Fsp3) is 0.200. The van der Waals surface area contributed by atoms with Gasteiger partial charge in [-0.3, -0.25) is 4.79 Å². The van der Waals surface area contributed by atoms with Gasteiger partial charge in [0.1, 0.15) is 17.6 Å². The molecule has 1 atom stereocenters. The predicted octanol–water partition coefficient (Wildman–Crippen LogP) is 3.40. The summed E-state index contributed by atoms with van der Waals surface area (Å²) < 4.78 is 5.71. The van der Waals surface area contributed by atoms with Crippen molar-refractivity contribution in [1.82, 2.24) is 0 Å². The highest BCUT2D eigenvalue weighted by Crippen LogP contribution is 2.26. The highest BCUT2D eigenvalue weighted by atomic mass is 16.5. The van der Waals surface area contributed by atoms with E-state index in [2.05, 4.69) is 6.92 Å². The molecule has 0 saturated carbocycles. The van der Waals surface area contributed by atoms with E-state index >= 15 is 0 Å². The highest BCUT2D eigenvalue weighted by molar-refractivity contribution is 5.88. The Hall–Kier alpha value is -1.83. The monoisotopic (exact) mass is 227 g/mol. The van der Waals surface area contributed by atoms with Gasteiger partial charge in [0.15, 0.2) is 0 Å². The number of carbonyl (C=O) groups excluding carboxylic acids is 1. The summed E-state index contributed by atoms with van der Waals surface area (Å²) in [6, 6.07) is 13.9. The molecule has 0 bridgehead atoms. The Kier molecular flexibility index (Phi) is 3.43. The van der Waals surface area contributed by atoms with Crippen LogP contribution in [0.4, 0.5) is 0 Å². The third-order valence-corrected chi connectivity index (χ3v) is 2.56. The molecule has 1 radical (unpaired) electrons. The molecule has 2 heteroatoms. The molecule has 87 valence electrons. The van der Waals surface area contributed by atoms with E-state index in [0.717, 1.165) is 16.5 Å². The zero-order chi connectivity index (χ0) is 12.3. The Morgan fingerprint density at radius 2 is 1.94 bits per heavy atom. The minimum atomic E-state index is -0.335. The van der Waals surface area contributed by atoms with Gasteiger partial charge in [-0.1, -0.05) is 36.4 Å². The molecule has 0 spiro atoms. The molecular formula is C15H15O2. The van der Waals surface area contributed by atoms with Gasteiger partial charge in [-0.15, -0.1) is 0 Å². The lowest BCUT2D eigenvalue weighted by Crippen LogP contribution is -2.15. The molecule has 2 rings (SSSR count). The standard InChI is InChI=1S/C15H15O2/c1-11(16)10-12(2)17-15-9-5-7-13-6-3-4-8-14(13)15/h3-9,12H,2,10H2,1H3. The molecule has 1 unspecified atom stereocenters. The molecule has 0 amide bonds. The van der Waals surface area contributed by atoms with Crippen LogP contribution in [-0.2, 0) is 4.79 Å². The number of Topliss-reactive ketones (excluding diaryl/α,β-unsaturated/α-hetero) is 1. The van der Waals surface area contributed by atoms with Crippen molar-refractivity contribution in [3.05, 3.63) is 49.4 Å².